The van der Waals surface area contributed by atoms with Gasteiger partial charge >= 0.3 is 5.97 Å². The van der Waals surface area contributed by atoms with Crippen molar-refractivity contribution in [2.24, 2.45) is 0 Å². The quantitative estimate of drug-likeness (QED) is 0.642. The molecule has 1 aromatic heterocycles. The van der Waals surface area contributed by atoms with Crippen LogP contribution in [0.1, 0.15) is 16.1 Å². The summed E-state index contributed by atoms with van der Waals surface area (Å²) in [5.74, 6) is 1.47. The second kappa shape index (κ2) is 7.09. The number of carbonyl (C=O) groups excluding carboxylic acids is 1. The first kappa shape index (κ1) is 16.5. The molecule has 0 unspecified atom stereocenters. The van der Waals surface area contributed by atoms with Gasteiger partial charge in [-0.15, -0.1) is 0 Å². The van der Waals surface area contributed by atoms with Crippen molar-refractivity contribution in [2.75, 3.05) is 13.2 Å². The van der Waals surface area contributed by atoms with Crippen LogP contribution in [-0.2, 0) is 11.3 Å². The van der Waals surface area contributed by atoms with Gasteiger partial charge < -0.3 is 18.7 Å². The Morgan fingerprint density at radius 3 is 2.62 bits per heavy atom. The molecule has 0 N–H and O–H groups in total. The van der Waals surface area contributed by atoms with Crippen molar-refractivity contribution in [3.05, 3.63) is 64.8 Å². The highest BCUT2D eigenvalue weighted by atomic mass is 35.5. The molecule has 0 saturated carbocycles. The third kappa shape index (κ3) is 3.50. The van der Waals surface area contributed by atoms with Crippen LogP contribution in [0.15, 0.2) is 53.1 Å². The number of hydrogen-bond acceptors (Lipinski definition) is 6. The molecule has 26 heavy (non-hydrogen) atoms. The van der Waals surface area contributed by atoms with E-state index in [0.717, 1.165) is 5.56 Å². The number of nitrogens with zero attached hydrogens (tertiary/aromatic N) is 1. The van der Waals surface area contributed by atoms with E-state index < -0.39 is 5.97 Å². The van der Waals surface area contributed by atoms with E-state index in [1.807, 2.05) is 18.2 Å². The maximum atomic E-state index is 12.0. The van der Waals surface area contributed by atoms with E-state index >= 15 is 0 Å². The number of esters is 1. The number of ether oxygens (including phenoxy) is 3. The lowest BCUT2D eigenvalue weighted by Crippen LogP contribution is -2.15. The van der Waals surface area contributed by atoms with Crippen molar-refractivity contribution < 1.29 is 23.5 Å². The highest BCUT2D eigenvalue weighted by Gasteiger charge is 2.15. The van der Waals surface area contributed by atoms with Crippen LogP contribution in [0.25, 0.3) is 11.3 Å². The SMILES string of the molecule is O=C(OCc1cc(-c2ccc3c(c2)OCCO3)on1)c1ccc(Cl)cc1. The summed E-state index contributed by atoms with van der Waals surface area (Å²) in [5, 5.41) is 4.50. The first-order valence-corrected chi connectivity index (χ1v) is 8.35. The predicted octanol–water partition coefficient (Wildman–Crippen LogP) is 4.12. The van der Waals surface area contributed by atoms with Gasteiger partial charge in [-0.05, 0) is 42.5 Å². The van der Waals surface area contributed by atoms with E-state index in [1.165, 1.54) is 0 Å². The first-order valence-electron chi connectivity index (χ1n) is 7.97. The van der Waals surface area contributed by atoms with Crippen molar-refractivity contribution in [3.63, 3.8) is 0 Å². The van der Waals surface area contributed by atoms with Gasteiger partial charge in [0, 0.05) is 16.7 Å². The van der Waals surface area contributed by atoms with Gasteiger partial charge in [-0.3, -0.25) is 0 Å². The van der Waals surface area contributed by atoms with Gasteiger partial charge in [0.15, 0.2) is 17.3 Å². The molecule has 4 rings (SSSR count). The molecule has 1 aliphatic rings. The molecule has 0 spiro atoms. The van der Waals surface area contributed by atoms with Crippen molar-refractivity contribution >= 4 is 17.6 Å². The molecule has 7 heteroatoms. The van der Waals surface area contributed by atoms with Gasteiger partial charge in [-0.2, -0.15) is 0 Å². The Morgan fingerprint density at radius 2 is 1.81 bits per heavy atom. The number of benzene rings is 2. The molecule has 0 aliphatic carbocycles. The van der Waals surface area contributed by atoms with Crippen LogP contribution < -0.4 is 9.47 Å². The Labute approximate surface area is 154 Å². The van der Waals surface area contributed by atoms with Crippen LogP contribution in [0.3, 0.4) is 0 Å². The minimum Gasteiger partial charge on any atom is -0.486 e. The van der Waals surface area contributed by atoms with Crippen LogP contribution in [-0.4, -0.2) is 24.3 Å². The zero-order valence-electron chi connectivity index (χ0n) is 13.6. The smallest absolute Gasteiger partial charge is 0.338 e. The number of hydrogen-bond donors (Lipinski definition) is 0. The van der Waals surface area contributed by atoms with Gasteiger partial charge in [-0.1, -0.05) is 16.8 Å². The fraction of sp³-hybridized carbons (Fsp3) is 0.158. The third-order valence-corrected chi connectivity index (χ3v) is 4.07. The van der Waals surface area contributed by atoms with E-state index in [0.29, 0.717) is 46.8 Å². The largest absolute Gasteiger partial charge is 0.486 e. The van der Waals surface area contributed by atoms with Crippen LogP contribution in [0.2, 0.25) is 5.02 Å². The molecule has 0 atom stereocenters. The molecule has 0 fully saturated rings. The van der Waals surface area contributed by atoms with Crippen molar-refractivity contribution in [2.45, 2.75) is 6.61 Å². The summed E-state index contributed by atoms with van der Waals surface area (Å²) in [6.07, 6.45) is 0. The van der Waals surface area contributed by atoms with Gasteiger partial charge in [0.2, 0.25) is 0 Å². The average Bonchev–Trinajstić information content (AvgIpc) is 3.15. The van der Waals surface area contributed by atoms with E-state index in [-0.39, 0.29) is 6.61 Å². The normalized spacial score (nSPS) is 12.7. The van der Waals surface area contributed by atoms with E-state index in [4.69, 9.17) is 30.3 Å². The van der Waals surface area contributed by atoms with E-state index in [1.54, 1.807) is 30.3 Å². The summed E-state index contributed by atoms with van der Waals surface area (Å²) < 4.78 is 21.6. The number of rotatable bonds is 4. The highest BCUT2D eigenvalue weighted by Crippen LogP contribution is 2.34. The predicted molar refractivity (Wildman–Crippen MR) is 93.5 cm³/mol. The minimum atomic E-state index is -0.453. The number of halogens is 1. The standard InChI is InChI=1S/C19H14ClNO5/c20-14-4-1-12(2-5-14)19(22)25-11-15-10-17(26-21-15)13-3-6-16-18(9-13)24-8-7-23-16/h1-6,9-10H,7-8,11H2. The van der Waals surface area contributed by atoms with Crippen molar-refractivity contribution in [1.82, 2.24) is 5.16 Å². The minimum absolute atomic E-state index is 0.00944. The maximum absolute atomic E-state index is 12.0. The Kier molecular flexibility index (Phi) is 4.50. The summed E-state index contributed by atoms with van der Waals surface area (Å²) in [6.45, 7) is 1.06. The topological polar surface area (TPSA) is 70.8 Å². The Hall–Kier alpha value is -2.99. The van der Waals surface area contributed by atoms with Crippen LogP contribution in [0.5, 0.6) is 11.5 Å². The molecule has 0 radical (unpaired) electrons. The molecule has 3 aromatic rings. The lowest BCUT2D eigenvalue weighted by atomic mass is 10.1. The second-order valence-electron chi connectivity index (χ2n) is 5.62. The molecule has 1 aliphatic heterocycles. The number of carbonyl (C=O) groups is 1. The fourth-order valence-corrected chi connectivity index (χ4v) is 2.65. The summed E-state index contributed by atoms with van der Waals surface area (Å²) >= 11 is 5.80. The summed E-state index contributed by atoms with van der Waals surface area (Å²) in [6, 6.07) is 13.7. The average molecular weight is 372 g/mol. The summed E-state index contributed by atoms with van der Waals surface area (Å²) in [5.41, 5.74) is 1.74. The Morgan fingerprint density at radius 1 is 1.04 bits per heavy atom. The van der Waals surface area contributed by atoms with Crippen molar-refractivity contribution in [3.8, 4) is 22.8 Å². The van der Waals surface area contributed by atoms with Crippen LogP contribution in [0.4, 0.5) is 0 Å². The van der Waals surface area contributed by atoms with Crippen molar-refractivity contribution in [1.29, 1.82) is 0 Å². The summed E-state index contributed by atoms with van der Waals surface area (Å²) in [4.78, 5) is 12.0. The lowest BCUT2D eigenvalue weighted by molar-refractivity contribution is 0.0464. The number of aromatic nitrogens is 1. The Balaban J connectivity index is 1.43. The molecule has 0 amide bonds. The highest BCUT2D eigenvalue weighted by molar-refractivity contribution is 6.30. The lowest BCUT2D eigenvalue weighted by Gasteiger charge is -2.18. The zero-order valence-corrected chi connectivity index (χ0v) is 14.4. The monoisotopic (exact) mass is 371 g/mol. The molecular weight excluding hydrogens is 358 g/mol. The van der Waals surface area contributed by atoms with Crippen LogP contribution >= 0.6 is 11.6 Å². The van der Waals surface area contributed by atoms with E-state index in [2.05, 4.69) is 5.16 Å². The van der Waals surface area contributed by atoms with Gasteiger partial charge in [0.1, 0.15) is 25.5 Å². The third-order valence-electron chi connectivity index (χ3n) is 3.82. The first-order chi connectivity index (χ1) is 12.7. The fourth-order valence-electron chi connectivity index (χ4n) is 2.52. The Bertz CT molecular complexity index is 935. The van der Waals surface area contributed by atoms with Crippen LogP contribution in [0, 0.1) is 0 Å². The molecule has 132 valence electrons. The van der Waals surface area contributed by atoms with Gasteiger partial charge in [-0.25, -0.2) is 4.79 Å². The second-order valence-corrected chi connectivity index (χ2v) is 6.06. The maximum Gasteiger partial charge on any atom is 0.338 e. The zero-order chi connectivity index (χ0) is 17.9. The molecule has 0 saturated heterocycles. The number of fused-ring (bicyclic) bond motifs is 1. The molecule has 0 bridgehead atoms. The van der Waals surface area contributed by atoms with E-state index in [9.17, 15) is 4.79 Å². The van der Waals surface area contributed by atoms with Gasteiger partial charge in [0.05, 0.1) is 5.56 Å². The molecule has 2 heterocycles. The molecule has 6 nitrogen and oxygen atoms in total. The van der Waals surface area contributed by atoms with Gasteiger partial charge in [0.25, 0.3) is 0 Å². The summed E-state index contributed by atoms with van der Waals surface area (Å²) in [7, 11) is 0. The molecule has 2 aromatic carbocycles. The molecular formula is C19H14ClNO5.